The molecule has 3 rings (SSSR count). The molecule has 0 unspecified atom stereocenters. The number of anilines is 1. The Bertz CT molecular complexity index is 495. The molecule has 2 heterocycles. The number of fused-ring (bicyclic) bond motifs is 3. The van der Waals surface area contributed by atoms with E-state index in [9.17, 15) is 4.79 Å². The molecular formula is C14H18N2O. The minimum absolute atomic E-state index is 0.00856. The van der Waals surface area contributed by atoms with Crippen LogP contribution in [0, 0.1) is 13.8 Å². The largest absolute Gasteiger partial charge is 0.354 e. The molecule has 1 saturated heterocycles. The van der Waals surface area contributed by atoms with E-state index in [1.54, 1.807) is 0 Å². The number of amides is 1. The van der Waals surface area contributed by atoms with E-state index in [0.717, 1.165) is 13.0 Å². The summed E-state index contributed by atoms with van der Waals surface area (Å²) in [5, 5.41) is 2.99. The van der Waals surface area contributed by atoms with Crippen LogP contribution in [0.5, 0.6) is 0 Å². The molecule has 2 aliphatic rings. The molecule has 3 nitrogen and oxygen atoms in total. The van der Waals surface area contributed by atoms with Crippen LogP contribution < -0.4 is 10.2 Å². The van der Waals surface area contributed by atoms with E-state index in [2.05, 4.69) is 43.1 Å². The van der Waals surface area contributed by atoms with Crippen molar-refractivity contribution in [1.82, 2.24) is 5.32 Å². The van der Waals surface area contributed by atoms with Gasteiger partial charge in [0, 0.05) is 24.7 Å². The molecule has 1 amide bonds. The summed E-state index contributed by atoms with van der Waals surface area (Å²) in [5.41, 5.74) is 5.26. The van der Waals surface area contributed by atoms with Gasteiger partial charge in [0.25, 0.3) is 0 Å². The Morgan fingerprint density at radius 2 is 2.12 bits per heavy atom. The van der Waals surface area contributed by atoms with E-state index in [4.69, 9.17) is 0 Å². The van der Waals surface area contributed by atoms with E-state index < -0.39 is 0 Å². The van der Waals surface area contributed by atoms with Crippen LogP contribution in [-0.2, 0) is 11.2 Å². The Morgan fingerprint density at radius 1 is 1.35 bits per heavy atom. The maximum Gasteiger partial charge on any atom is 0.243 e. The third-order valence-corrected chi connectivity index (χ3v) is 4.14. The molecule has 1 N–H and O–H groups in total. The molecule has 90 valence electrons. The monoisotopic (exact) mass is 230 g/mol. The van der Waals surface area contributed by atoms with Gasteiger partial charge in [-0.05, 0) is 37.5 Å². The number of carbonyl (C=O) groups is 1. The van der Waals surface area contributed by atoms with Crippen LogP contribution in [0.1, 0.15) is 23.6 Å². The van der Waals surface area contributed by atoms with E-state index >= 15 is 0 Å². The van der Waals surface area contributed by atoms with E-state index in [0.29, 0.717) is 6.04 Å². The smallest absolute Gasteiger partial charge is 0.243 e. The van der Waals surface area contributed by atoms with Gasteiger partial charge in [-0.1, -0.05) is 12.1 Å². The highest BCUT2D eigenvalue weighted by atomic mass is 16.2. The third-order valence-electron chi connectivity index (χ3n) is 4.14. The molecule has 1 aromatic rings. The highest BCUT2D eigenvalue weighted by Crippen LogP contribution is 2.39. The number of nitrogens with zero attached hydrogens (tertiary/aromatic N) is 1. The lowest BCUT2D eigenvalue weighted by atomic mass is 10.0. The lowest BCUT2D eigenvalue weighted by Gasteiger charge is -2.38. The fourth-order valence-electron chi connectivity index (χ4n) is 3.05. The Labute approximate surface area is 102 Å². The molecule has 17 heavy (non-hydrogen) atoms. The summed E-state index contributed by atoms with van der Waals surface area (Å²) in [4.78, 5) is 14.2. The van der Waals surface area contributed by atoms with Gasteiger partial charge in [0.05, 0.1) is 0 Å². The molecule has 0 saturated carbocycles. The topological polar surface area (TPSA) is 32.3 Å². The molecule has 0 aliphatic carbocycles. The van der Waals surface area contributed by atoms with Gasteiger partial charge in [0.2, 0.25) is 5.91 Å². The molecule has 2 aliphatic heterocycles. The van der Waals surface area contributed by atoms with Crippen molar-refractivity contribution in [1.29, 1.82) is 0 Å². The van der Waals surface area contributed by atoms with Gasteiger partial charge in [-0.3, -0.25) is 4.79 Å². The molecule has 0 radical (unpaired) electrons. The number of rotatable bonds is 0. The molecular weight excluding hydrogens is 212 g/mol. The summed E-state index contributed by atoms with van der Waals surface area (Å²) >= 11 is 0. The Balaban J connectivity index is 2.14. The van der Waals surface area contributed by atoms with Crippen molar-refractivity contribution < 1.29 is 4.79 Å². The van der Waals surface area contributed by atoms with Crippen molar-refractivity contribution in [3.05, 3.63) is 28.8 Å². The number of piperazine rings is 1. The number of aryl methyl sites for hydroxylation is 1. The number of nitrogens with one attached hydrogen (secondary N) is 1. The second-order valence-corrected chi connectivity index (χ2v) is 5.24. The maximum absolute atomic E-state index is 11.9. The van der Waals surface area contributed by atoms with Gasteiger partial charge in [0.1, 0.15) is 6.04 Å². The van der Waals surface area contributed by atoms with Crippen molar-refractivity contribution in [2.24, 2.45) is 0 Å². The van der Waals surface area contributed by atoms with Crippen LogP contribution in [0.4, 0.5) is 5.69 Å². The molecule has 1 fully saturated rings. The minimum Gasteiger partial charge on any atom is -0.354 e. The first-order valence-electron chi connectivity index (χ1n) is 6.24. The highest BCUT2D eigenvalue weighted by molar-refractivity contribution is 5.90. The Hall–Kier alpha value is -1.51. The van der Waals surface area contributed by atoms with Crippen LogP contribution in [0.25, 0.3) is 0 Å². The number of hydrogen-bond acceptors (Lipinski definition) is 2. The molecule has 1 aromatic carbocycles. The lowest BCUT2D eigenvalue weighted by molar-refractivity contribution is -0.123. The average Bonchev–Trinajstić information content (AvgIpc) is 2.70. The van der Waals surface area contributed by atoms with E-state index in [-0.39, 0.29) is 11.9 Å². The Kier molecular flexibility index (Phi) is 2.18. The van der Waals surface area contributed by atoms with Crippen molar-refractivity contribution in [3.63, 3.8) is 0 Å². The van der Waals surface area contributed by atoms with Gasteiger partial charge < -0.3 is 10.2 Å². The minimum atomic E-state index is 0.00856. The average molecular weight is 230 g/mol. The lowest BCUT2D eigenvalue weighted by Crippen LogP contribution is -2.58. The SMILES string of the molecule is Cc1ccc2c(c1C)N1[C@H](C)CNC(=O)[C@@H]1C2. The van der Waals surface area contributed by atoms with Gasteiger partial charge in [0.15, 0.2) is 0 Å². The fraction of sp³-hybridized carbons (Fsp3) is 0.500. The zero-order valence-corrected chi connectivity index (χ0v) is 10.6. The zero-order chi connectivity index (χ0) is 12.2. The first-order valence-corrected chi connectivity index (χ1v) is 6.24. The summed E-state index contributed by atoms with van der Waals surface area (Å²) in [6, 6.07) is 4.74. The van der Waals surface area contributed by atoms with Gasteiger partial charge >= 0.3 is 0 Å². The molecule has 0 spiro atoms. The Morgan fingerprint density at radius 3 is 2.88 bits per heavy atom. The van der Waals surface area contributed by atoms with Gasteiger partial charge in [-0.25, -0.2) is 0 Å². The fourth-order valence-corrected chi connectivity index (χ4v) is 3.05. The number of carbonyl (C=O) groups excluding carboxylic acids is 1. The van der Waals surface area contributed by atoms with Crippen LogP contribution in [0.2, 0.25) is 0 Å². The third kappa shape index (κ3) is 1.38. The van der Waals surface area contributed by atoms with Crippen LogP contribution in [0.15, 0.2) is 12.1 Å². The molecule has 0 bridgehead atoms. The number of benzene rings is 1. The second-order valence-electron chi connectivity index (χ2n) is 5.24. The second kappa shape index (κ2) is 3.49. The summed E-state index contributed by atoms with van der Waals surface area (Å²) in [6.07, 6.45) is 0.854. The predicted octanol–water partition coefficient (Wildman–Crippen LogP) is 1.55. The molecule has 0 aromatic heterocycles. The normalized spacial score (nSPS) is 26.5. The summed E-state index contributed by atoms with van der Waals surface area (Å²) in [6.45, 7) is 7.23. The summed E-state index contributed by atoms with van der Waals surface area (Å²) in [7, 11) is 0. The summed E-state index contributed by atoms with van der Waals surface area (Å²) < 4.78 is 0. The maximum atomic E-state index is 11.9. The van der Waals surface area contributed by atoms with E-state index in [1.165, 1.54) is 22.4 Å². The highest BCUT2D eigenvalue weighted by Gasteiger charge is 2.41. The standard InChI is InChI=1S/C14H18N2O/c1-8-4-5-11-6-12-14(17)15-7-9(2)16(12)13(11)10(8)3/h4-5,9,12H,6-7H2,1-3H3,(H,15,17)/t9-,12+/m1/s1. The zero-order valence-electron chi connectivity index (χ0n) is 10.6. The van der Waals surface area contributed by atoms with Crippen molar-refractivity contribution in [3.8, 4) is 0 Å². The van der Waals surface area contributed by atoms with Crippen molar-refractivity contribution >= 4 is 11.6 Å². The van der Waals surface area contributed by atoms with Crippen LogP contribution in [0.3, 0.4) is 0 Å². The van der Waals surface area contributed by atoms with Gasteiger partial charge in [-0.2, -0.15) is 0 Å². The van der Waals surface area contributed by atoms with Crippen molar-refractivity contribution in [2.45, 2.75) is 39.3 Å². The number of hydrogen-bond donors (Lipinski definition) is 1. The van der Waals surface area contributed by atoms with E-state index in [1.807, 2.05) is 0 Å². The van der Waals surface area contributed by atoms with Gasteiger partial charge in [-0.15, -0.1) is 0 Å². The molecule has 3 heteroatoms. The first kappa shape index (κ1) is 10.6. The van der Waals surface area contributed by atoms with Crippen molar-refractivity contribution in [2.75, 3.05) is 11.4 Å². The summed E-state index contributed by atoms with van der Waals surface area (Å²) in [5.74, 6) is 0.177. The van der Waals surface area contributed by atoms with Crippen LogP contribution in [-0.4, -0.2) is 24.5 Å². The molecule has 2 atom stereocenters. The predicted molar refractivity (Wildman–Crippen MR) is 68.4 cm³/mol. The quantitative estimate of drug-likeness (QED) is 0.733. The first-order chi connectivity index (χ1) is 8.09. The van der Waals surface area contributed by atoms with Crippen LogP contribution >= 0.6 is 0 Å².